The molecule has 21 heavy (non-hydrogen) atoms. The van der Waals surface area contributed by atoms with E-state index in [2.05, 4.69) is 25.0 Å². The monoisotopic (exact) mass is 308 g/mol. The lowest BCUT2D eigenvalue weighted by Gasteiger charge is -2.15. The van der Waals surface area contributed by atoms with Crippen LogP contribution in [0.4, 0.5) is 0 Å². The minimum Gasteiger partial charge on any atom is -0.467 e. The molecule has 0 spiro atoms. The van der Waals surface area contributed by atoms with Crippen LogP contribution in [0.5, 0.6) is 0 Å². The van der Waals surface area contributed by atoms with Gasteiger partial charge in [-0.15, -0.1) is 0 Å². The lowest BCUT2D eigenvalue weighted by atomic mass is 10.1. The zero-order valence-electron chi connectivity index (χ0n) is 11.2. The van der Waals surface area contributed by atoms with Gasteiger partial charge < -0.3 is 15.0 Å². The van der Waals surface area contributed by atoms with Crippen LogP contribution >= 0.6 is 11.6 Å². The normalized spacial score (nSPS) is 11.7. The Labute approximate surface area is 125 Å². The van der Waals surface area contributed by atoms with Gasteiger partial charge in [0, 0.05) is 24.5 Å². The van der Waals surface area contributed by atoms with Crippen LogP contribution < -0.4 is 5.32 Å². The molecule has 1 amide bonds. The molecular formula is C13H13ClN4O3. The number of imidazole rings is 1. The molecule has 0 aliphatic heterocycles. The molecule has 2 aromatic heterocycles. The number of nitrogens with zero attached hydrogens (tertiary/aromatic N) is 2. The first-order valence-corrected chi connectivity index (χ1v) is 6.45. The second-order valence-electron chi connectivity index (χ2n) is 4.19. The fourth-order valence-corrected chi connectivity index (χ4v) is 1.81. The number of ether oxygens (including phenoxy) is 1. The summed E-state index contributed by atoms with van der Waals surface area (Å²) in [5.74, 6) is -1.03. The molecule has 2 N–H and O–H groups in total. The molecule has 1 atom stereocenters. The number of rotatable bonds is 5. The molecule has 0 unspecified atom stereocenters. The van der Waals surface area contributed by atoms with Crippen molar-refractivity contribution in [2.24, 2.45) is 0 Å². The summed E-state index contributed by atoms with van der Waals surface area (Å²) in [4.78, 5) is 34.4. The third kappa shape index (κ3) is 4.03. The van der Waals surface area contributed by atoms with Crippen molar-refractivity contribution in [3.8, 4) is 0 Å². The van der Waals surface area contributed by atoms with E-state index in [1.807, 2.05) is 0 Å². The molecule has 110 valence electrons. The van der Waals surface area contributed by atoms with Crippen LogP contribution in [0.2, 0.25) is 5.02 Å². The van der Waals surface area contributed by atoms with Crippen molar-refractivity contribution < 1.29 is 14.3 Å². The van der Waals surface area contributed by atoms with Gasteiger partial charge in [0.2, 0.25) is 0 Å². The number of hydrogen-bond donors (Lipinski definition) is 2. The quantitative estimate of drug-likeness (QED) is 0.802. The number of hydrogen-bond acceptors (Lipinski definition) is 5. The van der Waals surface area contributed by atoms with E-state index >= 15 is 0 Å². The Morgan fingerprint density at radius 3 is 2.81 bits per heavy atom. The number of carbonyl (C=O) groups is 2. The van der Waals surface area contributed by atoms with Gasteiger partial charge in [0.1, 0.15) is 11.7 Å². The van der Waals surface area contributed by atoms with Crippen molar-refractivity contribution in [2.75, 3.05) is 7.11 Å². The van der Waals surface area contributed by atoms with Crippen molar-refractivity contribution in [1.82, 2.24) is 20.3 Å². The molecule has 0 saturated carbocycles. The van der Waals surface area contributed by atoms with Crippen LogP contribution in [0.1, 0.15) is 16.2 Å². The molecule has 0 bridgehead atoms. The summed E-state index contributed by atoms with van der Waals surface area (Å²) in [6, 6.07) is 2.19. The lowest BCUT2D eigenvalue weighted by molar-refractivity contribution is -0.142. The van der Waals surface area contributed by atoms with Gasteiger partial charge >= 0.3 is 5.97 Å². The average Bonchev–Trinajstić information content (AvgIpc) is 2.99. The highest BCUT2D eigenvalue weighted by atomic mass is 35.5. The first kappa shape index (κ1) is 15.0. The number of halogens is 1. The van der Waals surface area contributed by atoms with Gasteiger partial charge in [-0.25, -0.2) is 14.8 Å². The van der Waals surface area contributed by atoms with Crippen LogP contribution in [0, 0.1) is 0 Å². The number of H-pyrrole nitrogens is 1. The molecule has 0 radical (unpaired) electrons. The summed E-state index contributed by atoms with van der Waals surface area (Å²) in [5, 5.41) is 3.00. The first-order valence-electron chi connectivity index (χ1n) is 6.07. The van der Waals surface area contributed by atoms with Gasteiger partial charge in [-0.2, -0.15) is 0 Å². The lowest BCUT2D eigenvalue weighted by Crippen LogP contribution is -2.43. The fourth-order valence-electron chi connectivity index (χ4n) is 1.69. The van der Waals surface area contributed by atoms with E-state index in [9.17, 15) is 9.59 Å². The summed E-state index contributed by atoms with van der Waals surface area (Å²) in [7, 11) is 1.26. The van der Waals surface area contributed by atoms with Crippen LogP contribution in [0.3, 0.4) is 0 Å². The standard InChI is InChI=1S/C13H13ClN4O3/c1-21-13(20)11(4-9-6-15-7-17-9)18-12(19)10-3-2-8(14)5-16-10/h2-3,5-7,11H,4H2,1H3,(H,15,17)(H,18,19)/t11-/m0/s1. The van der Waals surface area contributed by atoms with Gasteiger partial charge in [-0.1, -0.05) is 11.6 Å². The predicted octanol–water partition coefficient (Wildman–Crippen LogP) is 0.972. The van der Waals surface area contributed by atoms with Crippen molar-refractivity contribution in [1.29, 1.82) is 0 Å². The maximum absolute atomic E-state index is 12.1. The number of nitrogens with one attached hydrogen (secondary N) is 2. The van der Waals surface area contributed by atoms with Crippen molar-refractivity contribution in [2.45, 2.75) is 12.5 Å². The maximum Gasteiger partial charge on any atom is 0.328 e. The number of pyridine rings is 1. The molecule has 2 aromatic rings. The highest BCUT2D eigenvalue weighted by molar-refractivity contribution is 6.30. The Balaban J connectivity index is 2.09. The van der Waals surface area contributed by atoms with Crippen LogP contribution in [-0.2, 0) is 16.0 Å². The summed E-state index contributed by atoms with van der Waals surface area (Å²) < 4.78 is 4.69. The molecule has 0 fully saturated rings. The van der Waals surface area contributed by atoms with E-state index in [0.717, 1.165) is 0 Å². The van der Waals surface area contributed by atoms with E-state index in [4.69, 9.17) is 11.6 Å². The summed E-state index contributed by atoms with van der Waals surface area (Å²) >= 11 is 5.71. The molecule has 7 nitrogen and oxygen atoms in total. The van der Waals surface area contributed by atoms with Crippen molar-refractivity contribution >= 4 is 23.5 Å². The molecule has 0 saturated heterocycles. The maximum atomic E-state index is 12.1. The third-order valence-electron chi connectivity index (χ3n) is 2.73. The smallest absolute Gasteiger partial charge is 0.328 e. The van der Waals surface area contributed by atoms with Crippen molar-refractivity contribution in [3.05, 3.63) is 47.3 Å². The van der Waals surface area contributed by atoms with Crippen molar-refractivity contribution in [3.63, 3.8) is 0 Å². The second kappa shape index (κ2) is 6.85. The Bertz CT molecular complexity index is 613. The summed E-state index contributed by atoms with van der Waals surface area (Å²) in [6.07, 6.45) is 4.67. The minimum absolute atomic E-state index is 0.165. The first-order chi connectivity index (χ1) is 10.1. The van der Waals surface area contributed by atoms with E-state index in [1.54, 1.807) is 12.3 Å². The van der Waals surface area contributed by atoms with Crippen LogP contribution in [0.15, 0.2) is 30.9 Å². The number of esters is 1. The second-order valence-corrected chi connectivity index (χ2v) is 4.63. The number of amides is 1. The highest BCUT2D eigenvalue weighted by Crippen LogP contribution is 2.07. The number of aromatic nitrogens is 3. The molecule has 2 rings (SSSR count). The Morgan fingerprint density at radius 2 is 2.24 bits per heavy atom. The van der Waals surface area contributed by atoms with Gasteiger partial charge in [-0.3, -0.25) is 4.79 Å². The van der Waals surface area contributed by atoms with E-state index < -0.39 is 17.9 Å². The van der Waals surface area contributed by atoms with Gasteiger partial charge in [0.05, 0.1) is 18.5 Å². The van der Waals surface area contributed by atoms with E-state index in [0.29, 0.717) is 10.7 Å². The predicted molar refractivity (Wildman–Crippen MR) is 74.8 cm³/mol. The molecule has 0 aromatic carbocycles. The molecule has 2 heterocycles. The fraction of sp³-hybridized carbons (Fsp3) is 0.231. The largest absolute Gasteiger partial charge is 0.467 e. The summed E-state index contributed by atoms with van der Waals surface area (Å²) in [5.41, 5.74) is 0.868. The SMILES string of the molecule is COC(=O)[C@H](Cc1cnc[nH]1)NC(=O)c1ccc(Cl)cn1. The average molecular weight is 309 g/mol. The minimum atomic E-state index is -0.833. The molecule has 8 heteroatoms. The van der Waals surface area contributed by atoms with Gasteiger partial charge in [0.15, 0.2) is 0 Å². The number of aromatic amines is 1. The van der Waals surface area contributed by atoms with E-state index in [1.165, 1.54) is 25.7 Å². The van der Waals surface area contributed by atoms with E-state index in [-0.39, 0.29) is 12.1 Å². The molecular weight excluding hydrogens is 296 g/mol. The molecule has 0 aliphatic rings. The molecule has 0 aliphatic carbocycles. The zero-order valence-corrected chi connectivity index (χ0v) is 11.9. The third-order valence-corrected chi connectivity index (χ3v) is 2.95. The zero-order chi connectivity index (χ0) is 15.2. The van der Waals surface area contributed by atoms with Gasteiger partial charge in [0.25, 0.3) is 5.91 Å². The van der Waals surface area contributed by atoms with Crippen LogP contribution in [0.25, 0.3) is 0 Å². The number of methoxy groups -OCH3 is 1. The Hall–Kier alpha value is -2.41. The van der Waals surface area contributed by atoms with Crippen LogP contribution in [-0.4, -0.2) is 40.0 Å². The highest BCUT2D eigenvalue weighted by Gasteiger charge is 2.23. The topological polar surface area (TPSA) is 97.0 Å². The Morgan fingerprint density at radius 1 is 1.43 bits per heavy atom. The van der Waals surface area contributed by atoms with Gasteiger partial charge in [-0.05, 0) is 12.1 Å². The Kier molecular flexibility index (Phi) is 4.89. The summed E-state index contributed by atoms with van der Waals surface area (Å²) in [6.45, 7) is 0. The number of carbonyl (C=O) groups excluding carboxylic acids is 2.